The van der Waals surface area contributed by atoms with Crippen LogP contribution in [0, 0.1) is 0 Å². The van der Waals surface area contributed by atoms with Gasteiger partial charge in [0.15, 0.2) is 11.5 Å². The average Bonchev–Trinajstić information content (AvgIpc) is 3.46. The molecule has 31 heavy (non-hydrogen) atoms. The van der Waals surface area contributed by atoms with E-state index < -0.39 is 0 Å². The van der Waals surface area contributed by atoms with E-state index in [0.717, 1.165) is 32.6 Å². The van der Waals surface area contributed by atoms with Gasteiger partial charge in [-0.15, -0.1) is 34.4 Å². The molecule has 0 aliphatic carbocycles. The van der Waals surface area contributed by atoms with Crippen molar-refractivity contribution in [1.82, 2.24) is 4.98 Å². The third-order valence-corrected chi connectivity index (χ3v) is 7.83. The van der Waals surface area contributed by atoms with E-state index in [-0.39, 0.29) is 5.91 Å². The molecule has 0 saturated heterocycles. The Bertz CT molecular complexity index is 1160. The molecule has 0 spiro atoms. The van der Waals surface area contributed by atoms with E-state index in [1.54, 1.807) is 34.4 Å². The van der Waals surface area contributed by atoms with Gasteiger partial charge in [-0.25, -0.2) is 4.98 Å². The van der Waals surface area contributed by atoms with Gasteiger partial charge in [-0.2, -0.15) is 0 Å². The second kappa shape index (κ2) is 9.30. The van der Waals surface area contributed by atoms with E-state index in [2.05, 4.69) is 17.1 Å². The molecule has 5 nitrogen and oxygen atoms in total. The minimum absolute atomic E-state index is 0.0659. The van der Waals surface area contributed by atoms with Crippen molar-refractivity contribution in [3.05, 3.63) is 69.9 Å². The zero-order chi connectivity index (χ0) is 21.0. The highest BCUT2D eigenvalue weighted by Crippen LogP contribution is 2.35. The van der Waals surface area contributed by atoms with Crippen LogP contribution >= 0.6 is 34.4 Å². The molecule has 1 aliphatic rings. The summed E-state index contributed by atoms with van der Waals surface area (Å²) in [6, 6.07) is 17.9. The van der Waals surface area contributed by atoms with Gasteiger partial charge in [0, 0.05) is 22.4 Å². The zero-order valence-corrected chi connectivity index (χ0v) is 19.1. The van der Waals surface area contributed by atoms with E-state index in [1.807, 2.05) is 52.7 Å². The molecule has 0 saturated carbocycles. The molecular formula is C23H20N2O3S3. The van der Waals surface area contributed by atoms with Crippen LogP contribution in [0.4, 0.5) is 5.69 Å². The number of hydrogen-bond donors (Lipinski definition) is 0. The van der Waals surface area contributed by atoms with Gasteiger partial charge in [0.25, 0.3) is 0 Å². The van der Waals surface area contributed by atoms with Crippen molar-refractivity contribution in [2.24, 2.45) is 0 Å². The van der Waals surface area contributed by atoms with Gasteiger partial charge < -0.3 is 14.4 Å². The number of ether oxygens (including phenoxy) is 2. The van der Waals surface area contributed by atoms with Crippen molar-refractivity contribution in [2.75, 3.05) is 23.9 Å². The highest BCUT2D eigenvalue weighted by molar-refractivity contribution is 7.99. The summed E-state index contributed by atoms with van der Waals surface area (Å²) in [5.41, 5.74) is 1.84. The maximum absolute atomic E-state index is 13.2. The van der Waals surface area contributed by atoms with Crippen LogP contribution in [0.25, 0.3) is 10.2 Å². The summed E-state index contributed by atoms with van der Waals surface area (Å²) in [5.74, 6) is 2.59. The van der Waals surface area contributed by atoms with E-state index in [9.17, 15) is 4.79 Å². The van der Waals surface area contributed by atoms with Crippen LogP contribution < -0.4 is 14.4 Å². The fraction of sp³-hybridized carbons (Fsp3) is 0.217. The first-order valence-electron chi connectivity index (χ1n) is 9.91. The topological polar surface area (TPSA) is 51.7 Å². The molecule has 0 bridgehead atoms. The molecule has 2 aromatic carbocycles. The summed E-state index contributed by atoms with van der Waals surface area (Å²) in [4.78, 5) is 20.9. The molecule has 0 radical (unpaired) electrons. The summed E-state index contributed by atoms with van der Waals surface area (Å²) in [6.07, 6.45) is 0. The first kappa shape index (κ1) is 20.4. The predicted molar refractivity (Wildman–Crippen MR) is 129 cm³/mol. The number of nitrogens with zero attached hydrogens (tertiary/aromatic N) is 2. The fourth-order valence-electron chi connectivity index (χ4n) is 3.37. The predicted octanol–water partition coefficient (Wildman–Crippen LogP) is 5.60. The van der Waals surface area contributed by atoms with Gasteiger partial charge in [-0.1, -0.05) is 18.2 Å². The van der Waals surface area contributed by atoms with Crippen molar-refractivity contribution in [1.29, 1.82) is 0 Å². The van der Waals surface area contributed by atoms with Crippen molar-refractivity contribution in [2.45, 2.75) is 12.3 Å². The van der Waals surface area contributed by atoms with Crippen LogP contribution in [0.2, 0.25) is 0 Å². The lowest BCUT2D eigenvalue weighted by Crippen LogP contribution is -2.31. The number of para-hydroxylation sites is 1. The van der Waals surface area contributed by atoms with Crippen molar-refractivity contribution in [3.63, 3.8) is 0 Å². The lowest BCUT2D eigenvalue weighted by molar-refractivity contribution is -0.116. The second-order valence-corrected chi connectivity index (χ2v) is 10.1. The van der Waals surface area contributed by atoms with Crippen LogP contribution in [-0.4, -0.2) is 29.9 Å². The zero-order valence-electron chi connectivity index (χ0n) is 16.7. The molecule has 4 aromatic rings. The molecule has 2 aromatic heterocycles. The van der Waals surface area contributed by atoms with Gasteiger partial charge in [0.2, 0.25) is 5.91 Å². The summed E-state index contributed by atoms with van der Waals surface area (Å²) in [6.45, 7) is 1.61. The SMILES string of the molecule is O=C(CSCc1nc2ccccc2s1)N(Cc1cccs1)c1ccc2c(c1)OCCO2. The van der Waals surface area contributed by atoms with Crippen LogP contribution in [0.15, 0.2) is 60.0 Å². The summed E-state index contributed by atoms with van der Waals surface area (Å²) in [5, 5.41) is 3.08. The van der Waals surface area contributed by atoms with Gasteiger partial charge in [0.1, 0.15) is 18.2 Å². The minimum Gasteiger partial charge on any atom is -0.486 e. The molecule has 1 amide bonds. The molecular weight excluding hydrogens is 448 g/mol. The van der Waals surface area contributed by atoms with Gasteiger partial charge >= 0.3 is 0 Å². The number of carbonyl (C=O) groups is 1. The third kappa shape index (κ3) is 4.71. The van der Waals surface area contributed by atoms with E-state index >= 15 is 0 Å². The Morgan fingerprint density at radius 3 is 2.77 bits per heavy atom. The molecule has 3 heterocycles. The molecule has 1 aliphatic heterocycles. The van der Waals surface area contributed by atoms with Crippen LogP contribution in [0.1, 0.15) is 9.88 Å². The van der Waals surface area contributed by atoms with E-state index in [0.29, 0.717) is 31.3 Å². The third-order valence-electron chi connectivity index (χ3n) is 4.82. The first-order chi connectivity index (χ1) is 15.3. The monoisotopic (exact) mass is 468 g/mol. The van der Waals surface area contributed by atoms with Crippen molar-refractivity contribution in [3.8, 4) is 11.5 Å². The maximum Gasteiger partial charge on any atom is 0.237 e. The molecule has 0 atom stereocenters. The largest absolute Gasteiger partial charge is 0.486 e. The Kier molecular flexibility index (Phi) is 6.11. The summed E-state index contributed by atoms with van der Waals surface area (Å²) >= 11 is 4.94. The summed E-state index contributed by atoms with van der Waals surface area (Å²) < 4.78 is 12.5. The van der Waals surface area contributed by atoms with E-state index in [4.69, 9.17) is 9.47 Å². The van der Waals surface area contributed by atoms with Gasteiger partial charge in [0.05, 0.1) is 22.5 Å². The van der Waals surface area contributed by atoms with Crippen LogP contribution in [-0.2, 0) is 17.1 Å². The van der Waals surface area contributed by atoms with Crippen molar-refractivity contribution < 1.29 is 14.3 Å². The molecule has 158 valence electrons. The fourth-order valence-corrected chi connectivity index (χ4v) is 5.98. The number of thiazole rings is 1. The van der Waals surface area contributed by atoms with Crippen molar-refractivity contribution >= 4 is 56.2 Å². The molecule has 0 fully saturated rings. The normalized spacial score (nSPS) is 12.8. The van der Waals surface area contributed by atoms with Crippen LogP contribution in [0.5, 0.6) is 11.5 Å². The Labute approximate surface area is 192 Å². The highest BCUT2D eigenvalue weighted by Gasteiger charge is 2.20. The standard InChI is InChI=1S/C23H20N2O3S3/c26-23(15-29-14-22-24-18-5-1-2-6-21(18)31-22)25(13-17-4-3-11-30-17)16-7-8-19-20(12-16)28-10-9-27-19/h1-8,11-12H,9-10,13-15H2. The molecule has 8 heteroatoms. The average molecular weight is 469 g/mol. The number of benzene rings is 2. The molecule has 0 N–H and O–H groups in total. The van der Waals surface area contributed by atoms with Gasteiger partial charge in [-0.05, 0) is 35.7 Å². The number of amides is 1. The lowest BCUT2D eigenvalue weighted by Gasteiger charge is -2.25. The number of fused-ring (bicyclic) bond motifs is 2. The Morgan fingerprint density at radius 2 is 1.94 bits per heavy atom. The number of aromatic nitrogens is 1. The maximum atomic E-state index is 13.2. The smallest absolute Gasteiger partial charge is 0.237 e. The number of carbonyl (C=O) groups excluding carboxylic acids is 1. The first-order valence-corrected chi connectivity index (χ1v) is 12.8. The van der Waals surface area contributed by atoms with Gasteiger partial charge in [-0.3, -0.25) is 4.79 Å². The van der Waals surface area contributed by atoms with Crippen LogP contribution in [0.3, 0.4) is 0 Å². The lowest BCUT2D eigenvalue weighted by atomic mass is 10.2. The quantitative estimate of drug-likeness (QED) is 0.354. The number of thioether (sulfide) groups is 1. The number of thiophene rings is 1. The number of anilines is 1. The number of hydrogen-bond acceptors (Lipinski definition) is 7. The molecule has 5 rings (SSSR count). The second-order valence-electron chi connectivity index (χ2n) is 6.96. The Morgan fingerprint density at radius 1 is 1.06 bits per heavy atom. The minimum atomic E-state index is 0.0659. The van der Waals surface area contributed by atoms with E-state index in [1.165, 1.54) is 4.70 Å². The summed E-state index contributed by atoms with van der Waals surface area (Å²) in [7, 11) is 0. The Balaban J connectivity index is 1.30. The highest BCUT2D eigenvalue weighted by atomic mass is 32.2. The Hall–Kier alpha value is -2.55. The molecule has 0 unspecified atom stereocenters. The number of rotatable bonds is 7.